The molecule has 0 N–H and O–H groups in total. The Balaban J connectivity index is 2.43. The van der Waals surface area contributed by atoms with Crippen molar-refractivity contribution in [2.45, 2.75) is 12.8 Å². The molecule has 1 heterocycles. The Bertz CT molecular complexity index is 793. The molecule has 0 fully saturated rings. The first-order chi connectivity index (χ1) is 9.63. The number of imidazole rings is 1. The molecular weight excluding hydrogens is 315 g/mol. The van der Waals surface area contributed by atoms with E-state index in [2.05, 4.69) is 4.98 Å². The maximum absolute atomic E-state index is 6.34. The van der Waals surface area contributed by atoms with Crippen LogP contribution in [0.25, 0.3) is 16.7 Å². The van der Waals surface area contributed by atoms with Gasteiger partial charge < -0.3 is 0 Å². The van der Waals surface area contributed by atoms with Crippen molar-refractivity contribution in [3.63, 3.8) is 0 Å². The minimum absolute atomic E-state index is 0.303. The highest BCUT2D eigenvalue weighted by Gasteiger charge is 2.16. The van der Waals surface area contributed by atoms with Crippen molar-refractivity contribution < 1.29 is 0 Å². The van der Waals surface area contributed by atoms with Crippen LogP contribution in [-0.4, -0.2) is 9.55 Å². The number of para-hydroxylation sites is 1. The van der Waals surface area contributed by atoms with Crippen LogP contribution >= 0.6 is 34.8 Å². The highest BCUT2D eigenvalue weighted by Crippen LogP contribution is 2.31. The third-order valence-corrected chi connectivity index (χ3v) is 4.25. The van der Waals surface area contributed by atoms with Crippen LogP contribution in [0.1, 0.15) is 11.4 Å². The normalized spacial score (nSPS) is 11.2. The zero-order valence-corrected chi connectivity index (χ0v) is 13.0. The third-order valence-electron chi connectivity index (χ3n) is 3.30. The van der Waals surface area contributed by atoms with Crippen molar-refractivity contribution in [3.8, 4) is 5.69 Å². The zero-order chi connectivity index (χ0) is 14.3. The van der Waals surface area contributed by atoms with Crippen LogP contribution in [0.3, 0.4) is 0 Å². The van der Waals surface area contributed by atoms with Crippen molar-refractivity contribution >= 4 is 45.8 Å². The van der Waals surface area contributed by atoms with Gasteiger partial charge in [-0.05, 0) is 36.8 Å². The lowest BCUT2D eigenvalue weighted by atomic mass is 10.2. The van der Waals surface area contributed by atoms with Gasteiger partial charge in [-0.25, -0.2) is 4.98 Å². The summed E-state index contributed by atoms with van der Waals surface area (Å²) >= 11 is 18.6. The topological polar surface area (TPSA) is 17.8 Å². The largest absolute Gasteiger partial charge is 0.293 e. The highest BCUT2D eigenvalue weighted by atomic mass is 35.5. The first-order valence-corrected chi connectivity index (χ1v) is 7.40. The minimum Gasteiger partial charge on any atom is -0.293 e. The molecule has 1 aromatic heterocycles. The molecule has 0 amide bonds. The predicted molar refractivity (Wildman–Crippen MR) is 85.4 cm³/mol. The molecule has 3 aromatic rings. The standard InChI is InChI=1S/C15H11Cl3N2/c1-9-10(17)4-3-7-13(9)20-14(8-16)19-12-6-2-5-11(18)15(12)20/h2-7H,8H2,1H3. The second-order valence-electron chi connectivity index (χ2n) is 4.49. The van der Waals surface area contributed by atoms with E-state index >= 15 is 0 Å². The van der Waals surface area contributed by atoms with E-state index in [1.807, 2.05) is 47.9 Å². The van der Waals surface area contributed by atoms with E-state index in [0.717, 1.165) is 28.1 Å². The van der Waals surface area contributed by atoms with E-state index < -0.39 is 0 Å². The monoisotopic (exact) mass is 324 g/mol. The maximum atomic E-state index is 6.34. The molecular formula is C15H11Cl3N2. The van der Waals surface area contributed by atoms with Gasteiger partial charge in [0.2, 0.25) is 0 Å². The van der Waals surface area contributed by atoms with E-state index in [-0.39, 0.29) is 0 Å². The number of benzene rings is 2. The molecule has 0 saturated heterocycles. The summed E-state index contributed by atoms with van der Waals surface area (Å²) in [7, 11) is 0. The Hall–Kier alpha value is -1.22. The van der Waals surface area contributed by atoms with Gasteiger partial charge in [0, 0.05) is 5.02 Å². The number of rotatable bonds is 2. The van der Waals surface area contributed by atoms with Gasteiger partial charge in [-0.3, -0.25) is 4.57 Å². The summed E-state index contributed by atoms with van der Waals surface area (Å²) in [5, 5.41) is 1.35. The van der Waals surface area contributed by atoms with E-state index in [0.29, 0.717) is 15.9 Å². The molecule has 0 aliphatic carbocycles. The molecule has 0 unspecified atom stereocenters. The summed E-state index contributed by atoms with van der Waals surface area (Å²) in [6, 6.07) is 11.4. The molecule has 3 rings (SSSR count). The van der Waals surface area contributed by atoms with Crippen molar-refractivity contribution in [2.75, 3.05) is 0 Å². The third kappa shape index (κ3) is 2.08. The van der Waals surface area contributed by atoms with Crippen LogP contribution in [0.4, 0.5) is 0 Å². The van der Waals surface area contributed by atoms with E-state index in [1.165, 1.54) is 0 Å². The SMILES string of the molecule is Cc1c(Cl)cccc1-n1c(CCl)nc2cccc(Cl)c21. The Kier molecular flexibility index (Phi) is 3.63. The first kappa shape index (κ1) is 13.7. The molecule has 102 valence electrons. The fraction of sp³-hybridized carbons (Fsp3) is 0.133. The van der Waals surface area contributed by atoms with Crippen molar-refractivity contribution in [2.24, 2.45) is 0 Å². The van der Waals surface area contributed by atoms with Gasteiger partial charge in [0.15, 0.2) is 0 Å². The van der Waals surface area contributed by atoms with Crippen molar-refractivity contribution in [1.29, 1.82) is 0 Å². The van der Waals surface area contributed by atoms with Crippen LogP contribution in [-0.2, 0) is 5.88 Å². The van der Waals surface area contributed by atoms with Gasteiger partial charge in [-0.1, -0.05) is 35.3 Å². The second-order valence-corrected chi connectivity index (χ2v) is 5.57. The minimum atomic E-state index is 0.303. The number of hydrogen-bond acceptors (Lipinski definition) is 1. The van der Waals surface area contributed by atoms with Gasteiger partial charge in [0.25, 0.3) is 0 Å². The molecule has 5 heteroatoms. The lowest BCUT2D eigenvalue weighted by Gasteiger charge is -2.12. The smallest absolute Gasteiger partial charge is 0.129 e. The van der Waals surface area contributed by atoms with Gasteiger partial charge in [-0.15, -0.1) is 11.6 Å². The summed E-state index contributed by atoms with van der Waals surface area (Å²) < 4.78 is 1.98. The summed E-state index contributed by atoms with van der Waals surface area (Å²) in [4.78, 5) is 4.54. The molecule has 0 bridgehead atoms. The Morgan fingerprint density at radius 2 is 1.75 bits per heavy atom. The van der Waals surface area contributed by atoms with Crippen molar-refractivity contribution in [3.05, 3.63) is 57.8 Å². The average Bonchev–Trinajstić information content (AvgIpc) is 2.82. The summed E-state index contributed by atoms with van der Waals surface area (Å²) in [5.74, 6) is 1.05. The number of halogens is 3. The predicted octanol–water partition coefficient (Wildman–Crippen LogP) is 5.38. The number of fused-ring (bicyclic) bond motifs is 1. The second kappa shape index (κ2) is 5.28. The number of aromatic nitrogens is 2. The molecule has 0 saturated carbocycles. The van der Waals surface area contributed by atoms with E-state index in [1.54, 1.807) is 0 Å². The Labute approximate surface area is 131 Å². The zero-order valence-electron chi connectivity index (χ0n) is 10.7. The molecule has 20 heavy (non-hydrogen) atoms. The quantitative estimate of drug-likeness (QED) is 0.578. The van der Waals surface area contributed by atoms with Crippen LogP contribution in [0.15, 0.2) is 36.4 Å². The molecule has 2 nitrogen and oxygen atoms in total. The number of hydrogen-bond donors (Lipinski definition) is 0. The Morgan fingerprint density at radius 3 is 2.50 bits per heavy atom. The first-order valence-electron chi connectivity index (χ1n) is 6.10. The molecule has 0 radical (unpaired) electrons. The average molecular weight is 326 g/mol. The fourth-order valence-corrected chi connectivity index (χ4v) is 2.92. The van der Waals surface area contributed by atoms with Gasteiger partial charge in [-0.2, -0.15) is 0 Å². The van der Waals surface area contributed by atoms with Gasteiger partial charge in [0.1, 0.15) is 5.82 Å². The van der Waals surface area contributed by atoms with E-state index in [9.17, 15) is 0 Å². The highest BCUT2D eigenvalue weighted by molar-refractivity contribution is 6.35. The molecule has 2 aromatic carbocycles. The lowest BCUT2D eigenvalue weighted by molar-refractivity contribution is 0.972. The number of nitrogens with zero attached hydrogens (tertiary/aromatic N) is 2. The molecule has 0 atom stereocenters. The van der Waals surface area contributed by atoms with Crippen molar-refractivity contribution in [1.82, 2.24) is 9.55 Å². The van der Waals surface area contributed by atoms with Crippen LogP contribution in [0, 0.1) is 6.92 Å². The number of alkyl halides is 1. The molecule has 0 aliphatic heterocycles. The van der Waals surface area contributed by atoms with Gasteiger partial charge >= 0.3 is 0 Å². The van der Waals surface area contributed by atoms with Crippen LogP contribution < -0.4 is 0 Å². The van der Waals surface area contributed by atoms with E-state index in [4.69, 9.17) is 34.8 Å². The van der Waals surface area contributed by atoms with Crippen LogP contribution in [0.2, 0.25) is 10.0 Å². The lowest BCUT2D eigenvalue weighted by Crippen LogP contribution is -2.02. The summed E-state index contributed by atoms with van der Waals surface area (Å²) in [6.45, 7) is 1.97. The fourth-order valence-electron chi connectivity index (χ4n) is 2.32. The maximum Gasteiger partial charge on any atom is 0.129 e. The summed E-state index contributed by atoms with van der Waals surface area (Å²) in [5.41, 5.74) is 3.60. The summed E-state index contributed by atoms with van der Waals surface area (Å²) in [6.07, 6.45) is 0. The Morgan fingerprint density at radius 1 is 1.05 bits per heavy atom. The molecule has 0 spiro atoms. The van der Waals surface area contributed by atoms with Gasteiger partial charge in [0.05, 0.1) is 27.6 Å². The van der Waals surface area contributed by atoms with Crippen LogP contribution in [0.5, 0.6) is 0 Å². The molecule has 0 aliphatic rings.